The lowest BCUT2D eigenvalue weighted by molar-refractivity contribution is -0.131. The lowest BCUT2D eigenvalue weighted by Crippen LogP contribution is -2.51. The topological polar surface area (TPSA) is 60.8 Å². The highest BCUT2D eigenvalue weighted by Crippen LogP contribution is 2.63. The maximum atomic E-state index is 16.1. The average molecular weight is 584 g/mol. The molecule has 4 nitrogen and oxygen atoms in total. The van der Waals surface area contributed by atoms with Gasteiger partial charge in [0.05, 0.1) is 6.10 Å². The second-order valence-corrected chi connectivity index (χ2v) is 14.9. The molecule has 0 aliphatic heterocycles. The molecule has 3 fully saturated rings. The van der Waals surface area contributed by atoms with Gasteiger partial charge in [0.1, 0.15) is 11.9 Å². The number of hydrogen-bond acceptors (Lipinski definition) is 3. The fourth-order valence-corrected chi connectivity index (χ4v) is 9.79. The van der Waals surface area contributed by atoms with Gasteiger partial charge < -0.3 is 15.1 Å². The van der Waals surface area contributed by atoms with E-state index in [1.807, 2.05) is 12.1 Å². The molecule has 42 heavy (non-hydrogen) atoms. The first-order chi connectivity index (χ1) is 20.3. The van der Waals surface area contributed by atoms with Crippen LogP contribution in [0, 0.1) is 29.1 Å². The Bertz CT molecular complexity index is 1020. The number of phenols is 1. The number of hydrogen-bond donors (Lipinski definition) is 2. The second kappa shape index (κ2) is 14.4. The van der Waals surface area contributed by atoms with Crippen LogP contribution in [0.2, 0.25) is 0 Å². The molecule has 5 rings (SSSR count). The summed E-state index contributed by atoms with van der Waals surface area (Å²) in [7, 11) is 0. The van der Waals surface area contributed by atoms with Crippen LogP contribution in [-0.2, 0) is 11.2 Å². The normalized spacial score (nSPS) is 32.7. The van der Waals surface area contributed by atoms with E-state index in [2.05, 4.69) is 18.7 Å². The van der Waals surface area contributed by atoms with E-state index in [0.717, 1.165) is 81.5 Å². The average Bonchev–Trinajstić information content (AvgIpc) is 3.28. The van der Waals surface area contributed by atoms with Crippen molar-refractivity contribution in [3.8, 4) is 5.75 Å². The molecule has 0 aromatic heterocycles. The number of nitrogens with zero attached hydrogens (tertiary/aromatic N) is 1. The SMILES string of the molecule is CCCCCCN(CCCCC1Cc2cc(O)ccc2C2C(F)C[C@]3(C)C(O)CCC3C12)C(=O)CCC1CCCCC1. The molecule has 4 aliphatic rings. The molecule has 5 heteroatoms. The number of carbonyl (C=O) groups is 1. The van der Waals surface area contributed by atoms with E-state index in [-0.39, 0.29) is 23.0 Å². The third kappa shape index (κ3) is 7.02. The minimum absolute atomic E-state index is 0.140. The molecular weight excluding hydrogens is 525 g/mol. The summed E-state index contributed by atoms with van der Waals surface area (Å²) in [6.45, 7) is 6.08. The van der Waals surface area contributed by atoms with Crippen molar-refractivity contribution >= 4 is 5.91 Å². The number of alkyl halides is 1. The lowest BCUT2D eigenvalue weighted by Gasteiger charge is -2.54. The fraction of sp³-hybridized carbons (Fsp3) is 0.811. The number of aliphatic hydroxyl groups is 1. The van der Waals surface area contributed by atoms with Crippen LogP contribution in [0.1, 0.15) is 140 Å². The summed E-state index contributed by atoms with van der Waals surface area (Å²) < 4.78 is 16.1. The van der Waals surface area contributed by atoms with Gasteiger partial charge in [0.25, 0.3) is 0 Å². The van der Waals surface area contributed by atoms with Gasteiger partial charge in [0.2, 0.25) is 5.91 Å². The Kier molecular flexibility index (Phi) is 10.9. The molecule has 0 radical (unpaired) electrons. The molecule has 6 unspecified atom stereocenters. The van der Waals surface area contributed by atoms with Gasteiger partial charge in [0.15, 0.2) is 0 Å². The Morgan fingerprint density at radius 1 is 1.00 bits per heavy atom. The lowest BCUT2D eigenvalue weighted by atomic mass is 9.51. The van der Waals surface area contributed by atoms with Gasteiger partial charge in [-0.15, -0.1) is 0 Å². The minimum atomic E-state index is -0.963. The monoisotopic (exact) mass is 583 g/mol. The summed E-state index contributed by atoms with van der Waals surface area (Å²) in [4.78, 5) is 15.5. The molecule has 0 saturated heterocycles. The van der Waals surface area contributed by atoms with Crippen molar-refractivity contribution in [1.29, 1.82) is 0 Å². The summed E-state index contributed by atoms with van der Waals surface area (Å²) in [5.41, 5.74) is 1.86. The summed E-state index contributed by atoms with van der Waals surface area (Å²) in [6, 6.07) is 5.56. The van der Waals surface area contributed by atoms with E-state index in [0.29, 0.717) is 30.6 Å². The van der Waals surface area contributed by atoms with Gasteiger partial charge in [0, 0.05) is 25.4 Å². The highest BCUT2D eigenvalue weighted by Gasteiger charge is 2.59. The number of aliphatic hydroxyl groups excluding tert-OH is 1. The Morgan fingerprint density at radius 3 is 2.52 bits per heavy atom. The zero-order chi connectivity index (χ0) is 29.7. The molecule has 0 spiro atoms. The number of benzene rings is 1. The smallest absolute Gasteiger partial charge is 0.222 e. The van der Waals surface area contributed by atoms with E-state index in [4.69, 9.17) is 0 Å². The Balaban J connectivity index is 1.22. The maximum Gasteiger partial charge on any atom is 0.222 e. The molecule has 3 saturated carbocycles. The first-order valence-corrected chi connectivity index (χ1v) is 17.7. The third-order valence-corrected chi connectivity index (χ3v) is 12.2. The van der Waals surface area contributed by atoms with Crippen LogP contribution in [0.15, 0.2) is 18.2 Å². The molecule has 1 amide bonds. The summed E-state index contributed by atoms with van der Waals surface area (Å²) in [6.07, 6.45) is 17.8. The molecule has 1 aromatic carbocycles. The van der Waals surface area contributed by atoms with Crippen molar-refractivity contribution in [2.75, 3.05) is 13.1 Å². The van der Waals surface area contributed by atoms with Crippen LogP contribution in [-0.4, -0.2) is 46.4 Å². The van der Waals surface area contributed by atoms with Crippen molar-refractivity contribution in [3.05, 3.63) is 29.3 Å². The highest BCUT2D eigenvalue weighted by molar-refractivity contribution is 5.76. The number of amides is 1. The molecule has 7 atom stereocenters. The van der Waals surface area contributed by atoms with Crippen molar-refractivity contribution in [2.24, 2.45) is 29.1 Å². The number of unbranched alkanes of at least 4 members (excludes halogenated alkanes) is 4. The maximum absolute atomic E-state index is 16.1. The summed E-state index contributed by atoms with van der Waals surface area (Å²) in [5, 5.41) is 21.2. The Morgan fingerprint density at radius 2 is 1.76 bits per heavy atom. The quantitative estimate of drug-likeness (QED) is 0.228. The van der Waals surface area contributed by atoms with E-state index >= 15 is 4.39 Å². The first-order valence-electron chi connectivity index (χ1n) is 17.7. The second-order valence-electron chi connectivity index (χ2n) is 14.9. The number of phenolic OH excluding ortho intramolecular Hbond substituents is 1. The van der Waals surface area contributed by atoms with Gasteiger partial charge in [-0.3, -0.25) is 4.79 Å². The third-order valence-electron chi connectivity index (χ3n) is 12.2. The number of halogens is 1. The predicted molar refractivity (Wildman–Crippen MR) is 168 cm³/mol. The first kappa shape index (κ1) is 31.8. The fourth-order valence-electron chi connectivity index (χ4n) is 9.79. The van der Waals surface area contributed by atoms with Crippen molar-refractivity contribution < 1.29 is 19.4 Å². The number of carbonyl (C=O) groups excluding carboxylic acids is 1. The van der Waals surface area contributed by atoms with Crippen molar-refractivity contribution in [2.45, 2.75) is 148 Å². The summed E-state index contributed by atoms with van der Waals surface area (Å²) in [5.74, 6) is 2.13. The van der Waals surface area contributed by atoms with E-state index in [1.165, 1.54) is 51.4 Å². The molecular formula is C37H58FNO3. The van der Waals surface area contributed by atoms with Gasteiger partial charge in [-0.25, -0.2) is 4.39 Å². The van der Waals surface area contributed by atoms with Gasteiger partial charge in [-0.2, -0.15) is 0 Å². The standard InChI is InChI=1S/C37H58FNO3/c1-3-4-5-10-21-39(34(42)20-15-26-12-7-6-8-13-26)22-11-9-14-27-23-28-24-29(40)16-17-30(28)36-32(38)25-37(2)31(35(27)36)18-19-33(37)41/h16-17,24,26-27,31-33,35-36,40-41H,3-15,18-23,25H2,1-2H3/t27?,31?,32?,33?,35?,36?,37-/m0/s1. The molecule has 1 aromatic rings. The predicted octanol–water partition coefficient (Wildman–Crippen LogP) is 8.72. The van der Waals surface area contributed by atoms with Crippen LogP contribution in [0.4, 0.5) is 4.39 Å². The molecule has 236 valence electrons. The number of aromatic hydroxyl groups is 1. The van der Waals surface area contributed by atoms with Gasteiger partial charge in [-0.05, 0) is 104 Å². The number of fused-ring (bicyclic) bond motifs is 5. The molecule has 0 heterocycles. The van der Waals surface area contributed by atoms with E-state index in [9.17, 15) is 15.0 Å². The van der Waals surface area contributed by atoms with Crippen LogP contribution in [0.3, 0.4) is 0 Å². The van der Waals surface area contributed by atoms with Crippen LogP contribution >= 0.6 is 0 Å². The van der Waals surface area contributed by atoms with Crippen molar-refractivity contribution in [3.63, 3.8) is 0 Å². The highest BCUT2D eigenvalue weighted by atomic mass is 19.1. The largest absolute Gasteiger partial charge is 0.508 e. The van der Waals surface area contributed by atoms with Gasteiger partial charge in [-0.1, -0.05) is 77.7 Å². The molecule has 0 bridgehead atoms. The summed E-state index contributed by atoms with van der Waals surface area (Å²) >= 11 is 0. The number of rotatable bonds is 13. The Hall–Kier alpha value is -1.62. The van der Waals surface area contributed by atoms with Crippen LogP contribution in [0.25, 0.3) is 0 Å². The van der Waals surface area contributed by atoms with Crippen molar-refractivity contribution in [1.82, 2.24) is 4.90 Å². The van der Waals surface area contributed by atoms with E-state index < -0.39 is 12.3 Å². The minimum Gasteiger partial charge on any atom is -0.508 e. The molecule has 4 aliphatic carbocycles. The zero-order valence-corrected chi connectivity index (χ0v) is 26.5. The van der Waals surface area contributed by atoms with Gasteiger partial charge >= 0.3 is 0 Å². The Labute approximate surface area is 254 Å². The zero-order valence-electron chi connectivity index (χ0n) is 26.5. The molecule has 2 N–H and O–H groups in total. The van der Waals surface area contributed by atoms with Crippen LogP contribution < -0.4 is 0 Å². The van der Waals surface area contributed by atoms with Crippen LogP contribution in [0.5, 0.6) is 5.75 Å². The van der Waals surface area contributed by atoms with E-state index in [1.54, 1.807) is 6.07 Å².